The van der Waals surface area contributed by atoms with Crippen molar-refractivity contribution in [3.63, 3.8) is 0 Å². The molecule has 78 valence electrons. The van der Waals surface area contributed by atoms with E-state index in [2.05, 4.69) is 22.4 Å². The van der Waals surface area contributed by atoms with Gasteiger partial charge in [0.25, 0.3) is 0 Å². The Morgan fingerprint density at radius 2 is 2.27 bits per heavy atom. The summed E-state index contributed by atoms with van der Waals surface area (Å²) >= 11 is 0. The third-order valence-corrected chi connectivity index (χ3v) is 2.83. The van der Waals surface area contributed by atoms with Gasteiger partial charge in [-0.15, -0.1) is 10.2 Å². The molecule has 1 aromatic heterocycles. The van der Waals surface area contributed by atoms with Gasteiger partial charge in [0.1, 0.15) is 11.9 Å². The predicted molar refractivity (Wildman–Crippen MR) is 57.2 cm³/mol. The second-order valence-electron chi connectivity index (χ2n) is 4.18. The highest BCUT2D eigenvalue weighted by molar-refractivity contribution is 5.36. The van der Waals surface area contributed by atoms with Crippen LogP contribution < -0.4 is 5.32 Å². The number of aromatic nitrogens is 2. The van der Waals surface area contributed by atoms with E-state index in [9.17, 15) is 0 Å². The molecule has 2 atom stereocenters. The van der Waals surface area contributed by atoms with Crippen LogP contribution in [-0.2, 0) is 0 Å². The fourth-order valence-corrected chi connectivity index (χ4v) is 2.02. The van der Waals surface area contributed by atoms with Crippen LogP contribution in [0.4, 0.5) is 5.82 Å². The van der Waals surface area contributed by atoms with Gasteiger partial charge in [0.15, 0.2) is 5.69 Å². The van der Waals surface area contributed by atoms with Crippen LogP contribution in [0.25, 0.3) is 0 Å². The van der Waals surface area contributed by atoms with Crippen LogP contribution in [0.15, 0.2) is 12.1 Å². The van der Waals surface area contributed by atoms with Crippen molar-refractivity contribution in [1.82, 2.24) is 10.2 Å². The largest absolute Gasteiger partial charge is 0.366 e. The van der Waals surface area contributed by atoms with Gasteiger partial charge in [0.05, 0.1) is 0 Å². The number of nitrogens with zero attached hydrogens (tertiary/aromatic N) is 3. The molecule has 0 spiro atoms. The molecule has 1 aromatic rings. The van der Waals surface area contributed by atoms with E-state index < -0.39 is 0 Å². The Hall–Kier alpha value is -1.63. The maximum absolute atomic E-state index is 8.57. The fourth-order valence-electron chi connectivity index (χ4n) is 2.02. The highest BCUT2D eigenvalue weighted by Gasteiger charge is 2.21. The maximum atomic E-state index is 8.57. The smallest absolute Gasteiger partial charge is 0.163 e. The number of nitrogens with one attached hydrogen (secondary N) is 1. The van der Waals surface area contributed by atoms with Crippen LogP contribution in [0, 0.1) is 17.2 Å². The molecule has 2 unspecified atom stereocenters. The van der Waals surface area contributed by atoms with Gasteiger partial charge in [0, 0.05) is 6.04 Å². The zero-order valence-corrected chi connectivity index (χ0v) is 8.77. The van der Waals surface area contributed by atoms with E-state index in [-0.39, 0.29) is 0 Å². The summed E-state index contributed by atoms with van der Waals surface area (Å²) in [5, 5.41) is 19.7. The second kappa shape index (κ2) is 4.26. The molecule has 4 nitrogen and oxygen atoms in total. The molecule has 1 N–H and O–H groups in total. The molecule has 0 saturated heterocycles. The lowest BCUT2D eigenvalue weighted by Crippen LogP contribution is -2.16. The lowest BCUT2D eigenvalue weighted by molar-refractivity contribution is 0.602. The first-order valence-electron chi connectivity index (χ1n) is 5.28. The van der Waals surface area contributed by atoms with Crippen molar-refractivity contribution >= 4 is 5.82 Å². The molecule has 1 fully saturated rings. The molecule has 0 aliphatic heterocycles. The monoisotopic (exact) mass is 202 g/mol. The van der Waals surface area contributed by atoms with Crippen molar-refractivity contribution in [2.75, 3.05) is 5.32 Å². The van der Waals surface area contributed by atoms with Gasteiger partial charge in [0.2, 0.25) is 0 Å². The average Bonchev–Trinajstić information content (AvgIpc) is 2.65. The van der Waals surface area contributed by atoms with Crippen molar-refractivity contribution in [3.8, 4) is 6.07 Å². The Bertz CT molecular complexity index is 365. The van der Waals surface area contributed by atoms with Crippen molar-refractivity contribution < 1.29 is 0 Å². The lowest BCUT2D eigenvalue weighted by atomic mass is 10.1. The molecule has 0 radical (unpaired) electrons. The molecule has 0 amide bonds. The molecule has 1 aliphatic rings. The van der Waals surface area contributed by atoms with Crippen molar-refractivity contribution in [3.05, 3.63) is 17.8 Å². The summed E-state index contributed by atoms with van der Waals surface area (Å²) < 4.78 is 0. The number of rotatable bonds is 2. The number of nitriles is 1. The van der Waals surface area contributed by atoms with Gasteiger partial charge < -0.3 is 5.32 Å². The zero-order chi connectivity index (χ0) is 10.7. The maximum Gasteiger partial charge on any atom is 0.163 e. The van der Waals surface area contributed by atoms with Gasteiger partial charge in [-0.25, -0.2) is 0 Å². The van der Waals surface area contributed by atoms with E-state index in [1.165, 1.54) is 19.3 Å². The first kappa shape index (κ1) is 9.91. The zero-order valence-electron chi connectivity index (χ0n) is 8.77. The first-order chi connectivity index (χ1) is 7.28. The molecule has 0 bridgehead atoms. The minimum atomic E-state index is 0.361. The van der Waals surface area contributed by atoms with Crippen LogP contribution in [0.2, 0.25) is 0 Å². The summed E-state index contributed by atoms with van der Waals surface area (Å²) in [6, 6.07) is 5.97. The van der Waals surface area contributed by atoms with Crippen LogP contribution in [-0.4, -0.2) is 16.2 Å². The minimum absolute atomic E-state index is 0.361. The summed E-state index contributed by atoms with van der Waals surface area (Å²) in [4.78, 5) is 0. The van der Waals surface area contributed by atoms with E-state index in [0.717, 1.165) is 11.7 Å². The van der Waals surface area contributed by atoms with E-state index in [0.29, 0.717) is 11.7 Å². The second-order valence-corrected chi connectivity index (χ2v) is 4.18. The fraction of sp³-hybridized carbons (Fsp3) is 0.545. The van der Waals surface area contributed by atoms with E-state index >= 15 is 0 Å². The first-order valence-corrected chi connectivity index (χ1v) is 5.28. The van der Waals surface area contributed by atoms with Crippen LogP contribution in [0.5, 0.6) is 0 Å². The third-order valence-electron chi connectivity index (χ3n) is 2.83. The molecular formula is C11H14N4. The molecule has 4 heteroatoms. The van der Waals surface area contributed by atoms with Crippen molar-refractivity contribution in [2.45, 2.75) is 32.2 Å². The molecule has 1 aliphatic carbocycles. The Morgan fingerprint density at radius 1 is 1.40 bits per heavy atom. The van der Waals surface area contributed by atoms with Crippen LogP contribution in [0.3, 0.4) is 0 Å². The molecule has 15 heavy (non-hydrogen) atoms. The molecule has 1 heterocycles. The highest BCUT2D eigenvalue weighted by Crippen LogP contribution is 2.26. The van der Waals surface area contributed by atoms with Crippen molar-refractivity contribution in [2.24, 2.45) is 5.92 Å². The summed E-state index contributed by atoms with van der Waals surface area (Å²) in [6.45, 7) is 2.27. The number of hydrogen-bond acceptors (Lipinski definition) is 4. The average molecular weight is 202 g/mol. The number of anilines is 1. The van der Waals surface area contributed by atoms with Crippen LogP contribution in [0.1, 0.15) is 31.9 Å². The summed E-state index contributed by atoms with van der Waals surface area (Å²) in [7, 11) is 0. The minimum Gasteiger partial charge on any atom is -0.366 e. The van der Waals surface area contributed by atoms with E-state index in [1.807, 2.05) is 12.1 Å². The van der Waals surface area contributed by atoms with Gasteiger partial charge in [-0.2, -0.15) is 5.26 Å². The van der Waals surface area contributed by atoms with Gasteiger partial charge >= 0.3 is 0 Å². The van der Waals surface area contributed by atoms with Gasteiger partial charge in [-0.3, -0.25) is 0 Å². The number of hydrogen-bond donors (Lipinski definition) is 1. The van der Waals surface area contributed by atoms with E-state index in [1.54, 1.807) is 6.07 Å². The molecule has 1 saturated carbocycles. The SMILES string of the molecule is CC1CCC(Nc2ccc(C#N)nn2)C1. The molecule has 2 rings (SSSR count). The summed E-state index contributed by atoms with van der Waals surface area (Å²) in [5.41, 5.74) is 0.361. The summed E-state index contributed by atoms with van der Waals surface area (Å²) in [5.74, 6) is 1.57. The Morgan fingerprint density at radius 3 is 2.80 bits per heavy atom. The Balaban J connectivity index is 1.96. The quantitative estimate of drug-likeness (QED) is 0.796. The van der Waals surface area contributed by atoms with Gasteiger partial charge in [-0.05, 0) is 37.3 Å². The normalized spacial score (nSPS) is 24.8. The Kier molecular flexibility index (Phi) is 2.82. The highest BCUT2D eigenvalue weighted by atomic mass is 15.2. The summed E-state index contributed by atoms with van der Waals surface area (Å²) in [6.07, 6.45) is 3.67. The Labute approximate surface area is 89.3 Å². The van der Waals surface area contributed by atoms with Crippen molar-refractivity contribution in [1.29, 1.82) is 5.26 Å². The van der Waals surface area contributed by atoms with Gasteiger partial charge in [-0.1, -0.05) is 6.92 Å². The lowest BCUT2D eigenvalue weighted by Gasteiger charge is -2.11. The third kappa shape index (κ3) is 2.44. The van der Waals surface area contributed by atoms with E-state index in [4.69, 9.17) is 5.26 Å². The molecule has 0 aromatic carbocycles. The predicted octanol–water partition coefficient (Wildman–Crippen LogP) is 1.95. The standard InChI is InChI=1S/C11H14N4/c1-8-2-3-9(6-8)13-11-5-4-10(7-12)14-15-11/h4-5,8-9H,2-3,6H2,1H3,(H,13,15). The topological polar surface area (TPSA) is 61.6 Å². The molecular weight excluding hydrogens is 188 g/mol. The van der Waals surface area contributed by atoms with Crippen LogP contribution >= 0.6 is 0 Å².